The van der Waals surface area contributed by atoms with Gasteiger partial charge in [0.15, 0.2) is 23.3 Å². The number of halogens is 4. The lowest BCUT2D eigenvalue weighted by Gasteiger charge is -2.28. The minimum absolute atomic E-state index is 0.0556. The molecule has 1 aliphatic heterocycles. The third-order valence-corrected chi connectivity index (χ3v) is 2.35. The van der Waals surface area contributed by atoms with Gasteiger partial charge in [0.05, 0.1) is 13.1 Å². The van der Waals surface area contributed by atoms with Gasteiger partial charge in [-0.15, -0.1) is 0 Å². The molecule has 0 unspecified atom stereocenters. The van der Waals surface area contributed by atoms with Crippen LogP contribution in [0.25, 0.3) is 0 Å². The Morgan fingerprint density at radius 3 is 1.83 bits per heavy atom. The molecule has 0 atom stereocenters. The lowest BCUT2D eigenvalue weighted by Crippen LogP contribution is -2.52. The molecule has 1 heterocycles. The molecule has 18 heavy (non-hydrogen) atoms. The zero-order valence-corrected chi connectivity index (χ0v) is 8.77. The molecule has 0 aromatic heterocycles. The second-order valence-corrected chi connectivity index (χ2v) is 3.64. The zero-order chi connectivity index (χ0) is 13.4. The summed E-state index contributed by atoms with van der Waals surface area (Å²) in [6.07, 6.45) is 0. The van der Waals surface area contributed by atoms with Crippen molar-refractivity contribution in [1.29, 1.82) is 0 Å². The maximum Gasteiger partial charge on any atom is 0.246 e. The van der Waals surface area contributed by atoms with Gasteiger partial charge in [-0.1, -0.05) is 0 Å². The summed E-state index contributed by atoms with van der Waals surface area (Å²) in [5.41, 5.74) is -1.06. The number of hydrogen-bond acceptors (Lipinski definition) is 3. The van der Waals surface area contributed by atoms with Crippen molar-refractivity contribution in [2.24, 2.45) is 0 Å². The van der Waals surface area contributed by atoms with Crippen molar-refractivity contribution in [3.63, 3.8) is 0 Å². The SMILES string of the molecule is O=C1CN(c2c(F)c(F)cc(F)c2F)CC(=O)N1. The number of carbonyl (C=O) groups is 2. The minimum atomic E-state index is -1.64. The first-order valence-electron chi connectivity index (χ1n) is 4.80. The number of carbonyl (C=O) groups excluding carboxylic acids is 2. The first-order chi connectivity index (χ1) is 8.40. The maximum absolute atomic E-state index is 13.4. The molecule has 1 saturated heterocycles. The smallest absolute Gasteiger partial charge is 0.246 e. The second kappa shape index (κ2) is 4.28. The molecule has 0 saturated carbocycles. The topological polar surface area (TPSA) is 49.4 Å². The summed E-state index contributed by atoms with van der Waals surface area (Å²) in [5.74, 6) is -8.10. The largest absolute Gasteiger partial charge is 0.348 e. The van der Waals surface area contributed by atoms with Gasteiger partial charge in [-0.2, -0.15) is 0 Å². The van der Waals surface area contributed by atoms with Crippen molar-refractivity contribution in [2.45, 2.75) is 0 Å². The lowest BCUT2D eigenvalue weighted by molar-refractivity contribution is -0.130. The second-order valence-electron chi connectivity index (χ2n) is 3.64. The highest BCUT2D eigenvalue weighted by Gasteiger charge is 2.30. The molecule has 1 N–H and O–H groups in total. The summed E-state index contributed by atoms with van der Waals surface area (Å²) in [6.45, 7) is -1.13. The van der Waals surface area contributed by atoms with Gasteiger partial charge in [0.1, 0.15) is 5.69 Å². The van der Waals surface area contributed by atoms with Crippen LogP contribution in [0.15, 0.2) is 6.07 Å². The molecule has 1 fully saturated rings. The van der Waals surface area contributed by atoms with E-state index in [-0.39, 0.29) is 6.07 Å². The summed E-state index contributed by atoms with van der Waals surface area (Å²) >= 11 is 0. The number of piperazine rings is 1. The highest BCUT2D eigenvalue weighted by atomic mass is 19.2. The average molecular weight is 262 g/mol. The average Bonchev–Trinajstić information content (AvgIpc) is 2.25. The molecular weight excluding hydrogens is 256 g/mol. The molecule has 0 radical (unpaired) electrons. The van der Waals surface area contributed by atoms with Crippen molar-refractivity contribution in [3.05, 3.63) is 29.3 Å². The lowest BCUT2D eigenvalue weighted by atomic mass is 10.2. The molecule has 96 valence electrons. The molecule has 1 aromatic rings. The molecule has 2 amide bonds. The van der Waals surface area contributed by atoms with Crippen molar-refractivity contribution < 1.29 is 27.2 Å². The summed E-state index contributed by atoms with van der Waals surface area (Å²) in [5, 5.41) is 1.90. The fourth-order valence-electron chi connectivity index (χ4n) is 1.63. The number of hydrogen-bond donors (Lipinski definition) is 1. The van der Waals surface area contributed by atoms with Crippen LogP contribution in [0, 0.1) is 23.3 Å². The molecule has 1 aliphatic rings. The van der Waals surface area contributed by atoms with Crippen LogP contribution >= 0.6 is 0 Å². The van der Waals surface area contributed by atoms with Gasteiger partial charge in [0.25, 0.3) is 0 Å². The third-order valence-electron chi connectivity index (χ3n) is 2.35. The van der Waals surface area contributed by atoms with Crippen LogP contribution in [0.1, 0.15) is 0 Å². The van der Waals surface area contributed by atoms with Gasteiger partial charge in [0, 0.05) is 6.07 Å². The van der Waals surface area contributed by atoms with E-state index in [9.17, 15) is 27.2 Å². The number of benzene rings is 1. The number of nitrogens with zero attached hydrogens (tertiary/aromatic N) is 1. The first-order valence-corrected chi connectivity index (χ1v) is 4.80. The van der Waals surface area contributed by atoms with E-state index in [0.29, 0.717) is 4.90 Å². The van der Waals surface area contributed by atoms with E-state index in [1.165, 1.54) is 0 Å². The highest BCUT2D eigenvalue weighted by molar-refractivity contribution is 6.02. The van der Waals surface area contributed by atoms with Crippen molar-refractivity contribution in [2.75, 3.05) is 18.0 Å². The van der Waals surface area contributed by atoms with Crippen LogP contribution in [0.4, 0.5) is 23.2 Å². The van der Waals surface area contributed by atoms with E-state index in [4.69, 9.17) is 0 Å². The van der Waals surface area contributed by atoms with Crippen molar-refractivity contribution in [1.82, 2.24) is 5.32 Å². The van der Waals surface area contributed by atoms with E-state index in [2.05, 4.69) is 0 Å². The van der Waals surface area contributed by atoms with E-state index in [0.717, 1.165) is 0 Å². The maximum atomic E-state index is 13.4. The highest BCUT2D eigenvalue weighted by Crippen LogP contribution is 2.28. The van der Waals surface area contributed by atoms with Crippen LogP contribution in [0.5, 0.6) is 0 Å². The molecule has 0 aliphatic carbocycles. The predicted molar refractivity (Wildman–Crippen MR) is 51.6 cm³/mol. The van der Waals surface area contributed by atoms with Crippen LogP contribution in [0.3, 0.4) is 0 Å². The van der Waals surface area contributed by atoms with Gasteiger partial charge >= 0.3 is 0 Å². The van der Waals surface area contributed by atoms with Crippen molar-refractivity contribution >= 4 is 17.5 Å². The molecule has 1 aromatic carbocycles. The van der Waals surface area contributed by atoms with Crippen LogP contribution in [-0.2, 0) is 9.59 Å². The number of imide groups is 1. The Kier molecular flexibility index (Phi) is 2.93. The zero-order valence-electron chi connectivity index (χ0n) is 8.77. The van der Waals surface area contributed by atoms with E-state index in [1.807, 2.05) is 5.32 Å². The van der Waals surface area contributed by atoms with Gasteiger partial charge in [-0.25, -0.2) is 17.6 Å². The summed E-state index contributed by atoms with van der Waals surface area (Å²) < 4.78 is 52.8. The number of nitrogens with one attached hydrogen (secondary N) is 1. The Morgan fingerprint density at radius 1 is 0.944 bits per heavy atom. The Balaban J connectivity index is 2.50. The fraction of sp³-hybridized carbons (Fsp3) is 0.200. The predicted octanol–water partition coefficient (Wildman–Crippen LogP) is 0.706. The Bertz CT molecular complexity index is 505. The quantitative estimate of drug-likeness (QED) is 0.460. The van der Waals surface area contributed by atoms with Crippen LogP contribution < -0.4 is 10.2 Å². The van der Waals surface area contributed by atoms with Gasteiger partial charge in [-0.05, 0) is 0 Å². The van der Waals surface area contributed by atoms with E-state index in [1.54, 1.807) is 0 Å². The van der Waals surface area contributed by atoms with Crippen LogP contribution in [-0.4, -0.2) is 24.9 Å². The number of anilines is 1. The molecular formula is C10H6F4N2O2. The molecule has 0 bridgehead atoms. The van der Waals surface area contributed by atoms with E-state index >= 15 is 0 Å². The molecule has 8 heteroatoms. The minimum Gasteiger partial charge on any atom is -0.348 e. The fourth-order valence-corrected chi connectivity index (χ4v) is 1.63. The summed E-state index contributed by atoms with van der Waals surface area (Å²) in [6, 6.07) is 0.0556. The normalized spacial score (nSPS) is 15.9. The third kappa shape index (κ3) is 2.01. The summed E-state index contributed by atoms with van der Waals surface area (Å²) in [7, 11) is 0. The molecule has 4 nitrogen and oxygen atoms in total. The van der Waals surface area contributed by atoms with Crippen LogP contribution in [0.2, 0.25) is 0 Å². The number of rotatable bonds is 1. The first kappa shape index (κ1) is 12.3. The van der Waals surface area contributed by atoms with Gasteiger partial charge in [-0.3, -0.25) is 14.9 Å². The Morgan fingerprint density at radius 2 is 1.39 bits per heavy atom. The number of amides is 2. The Hall–Kier alpha value is -2.12. The Labute approximate surface area is 98.2 Å². The standard InChI is InChI=1S/C10H6F4N2O2/c11-4-1-5(12)9(14)10(8(4)13)16-2-6(17)15-7(18)3-16/h1H,2-3H2,(H,15,17,18). The summed E-state index contributed by atoms with van der Waals surface area (Å²) in [4.78, 5) is 22.7. The molecule has 0 spiro atoms. The van der Waals surface area contributed by atoms with Gasteiger partial charge < -0.3 is 4.90 Å². The molecule has 2 rings (SSSR count). The van der Waals surface area contributed by atoms with E-state index < -0.39 is 53.9 Å². The monoisotopic (exact) mass is 262 g/mol. The van der Waals surface area contributed by atoms with Gasteiger partial charge in [0.2, 0.25) is 11.8 Å². The van der Waals surface area contributed by atoms with Crippen molar-refractivity contribution in [3.8, 4) is 0 Å².